The van der Waals surface area contributed by atoms with Crippen molar-refractivity contribution in [2.24, 2.45) is 5.92 Å². The summed E-state index contributed by atoms with van der Waals surface area (Å²) in [5.74, 6) is 1.15. The molecular formula is C17H20N6O3S. The summed E-state index contributed by atoms with van der Waals surface area (Å²) in [4.78, 5) is 35.9. The minimum Gasteiger partial charge on any atom is -0.360 e. The van der Waals surface area contributed by atoms with Gasteiger partial charge >= 0.3 is 0 Å². The zero-order chi connectivity index (χ0) is 19.0. The SMILES string of the molecule is Cc1cc(NC(=O)Cn2cnc3nc(N4CCC[C@H](C)C4)sc3c2=O)no1. The number of rotatable bonds is 4. The summed E-state index contributed by atoms with van der Waals surface area (Å²) in [6.45, 7) is 5.68. The molecule has 0 saturated carbocycles. The van der Waals surface area contributed by atoms with Gasteiger partial charge in [0.15, 0.2) is 16.6 Å². The highest BCUT2D eigenvalue weighted by molar-refractivity contribution is 7.22. The molecule has 1 amide bonds. The van der Waals surface area contributed by atoms with Crippen LogP contribution in [-0.4, -0.2) is 38.7 Å². The number of carbonyl (C=O) groups excluding carboxylic acids is 1. The molecule has 9 nitrogen and oxygen atoms in total. The Morgan fingerprint density at radius 1 is 1.48 bits per heavy atom. The van der Waals surface area contributed by atoms with E-state index in [-0.39, 0.29) is 18.0 Å². The van der Waals surface area contributed by atoms with Crippen LogP contribution in [0.15, 0.2) is 21.7 Å². The van der Waals surface area contributed by atoms with Gasteiger partial charge in [-0.1, -0.05) is 23.4 Å². The maximum Gasteiger partial charge on any atom is 0.273 e. The second kappa shape index (κ2) is 7.10. The van der Waals surface area contributed by atoms with Gasteiger partial charge in [-0.15, -0.1) is 0 Å². The maximum atomic E-state index is 12.7. The number of carbonyl (C=O) groups is 1. The van der Waals surface area contributed by atoms with Crippen molar-refractivity contribution in [1.29, 1.82) is 0 Å². The van der Waals surface area contributed by atoms with Gasteiger partial charge in [0.05, 0.1) is 0 Å². The van der Waals surface area contributed by atoms with Crippen molar-refractivity contribution in [2.75, 3.05) is 23.3 Å². The molecule has 0 spiro atoms. The molecule has 1 fully saturated rings. The van der Waals surface area contributed by atoms with Gasteiger partial charge in [-0.25, -0.2) is 4.98 Å². The normalized spacial score (nSPS) is 17.4. The van der Waals surface area contributed by atoms with Gasteiger partial charge in [0.25, 0.3) is 5.56 Å². The summed E-state index contributed by atoms with van der Waals surface area (Å²) >= 11 is 1.34. The topological polar surface area (TPSA) is 106 Å². The van der Waals surface area contributed by atoms with E-state index in [1.165, 1.54) is 28.7 Å². The zero-order valence-corrected chi connectivity index (χ0v) is 16.0. The molecule has 1 saturated heterocycles. The lowest BCUT2D eigenvalue weighted by molar-refractivity contribution is -0.116. The fourth-order valence-corrected chi connectivity index (χ4v) is 4.21. The Morgan fingerprint density at radius 3 is 3.07 bits per heavy atom. The largest absolute Gasteiger partial charge is 0.360 e. The smallest absolute Gasteiger partial charge is 0.273 e. The first kappa shape index (κ1) is 17.7. The van der Waals surface area contributed by atoms with E-state index < -0.39 is 0 Å². The lowest BCUT2D eigenvalue weighted by atomic mass is 10.0. The van der Waals surface area contributed by atoms with Gasteiger partial charge in [0, 0.05) is 19.2 Å². The molecule has 0 aliphatic carbocycles. The molecule has 0 bridgehead atoms. The lowest BCUT2D eigenvalue weighted by Crippen LogP contribution is -2.34. The average molecular weight is 388 g/mol. The monoisotopic (exact) mass is 388 g/mol. The average Bonchev–Trinajstić information content (AvgIpc) is 3.24. The molecule has 142 valence electrons. The number of thiazole rings is 1. The van der Waals surface area contributed by atoms with Crippen molar-refractivity contribution >= 4 is 38.5 Å². The molecule has 1 aliphatic heterocycles. The molecule has 3 aromatic heterocycles. The van der Waals surface area contributed by atoms with Crippen LogP contribution in [0, 0.1) is 12.8 Å². The van der Waals surface area contributed by atoms with Crippen LogP contribution in [0.4, 0.5) is 10.9 Å². The maximum absolute atomic E-state index is 12.7. The van der Waals surface area contributed by atoms with Gasteiger partial charge in [0.1, 0.15) is 23.3 Å². The second-order valence-corrected chi connectivity index (χ2v) is 7.87. The van der Waals surface area contributed by atoms with E-state index >= 15 is 0 Å². The van der Waals surface area contributed by atoms with E-state index in [9.17, 15) is 9.59 Å². The number of anilines is 2. The summed E-state index contributed by atoms with van der Waals surface area (Å²) in [5.41, 5.74) is 0.169. The van der Waals surface area contributed by atoms with Crippen LogP contribution in [0.3, 0.4) is 0 Å². The number of aryl methyl sites for hydroxylation is 1. The van der Waals surface area contributed by atoms with Crippen molar-refractivity contribution < 1.29 is 9.32 Å². The van der Waals surface area contributed by atoms with Crippen LogP contribution in [0.1, 0.15) is 25.5 Å². The quantitative estimate of drug-likeness (QED) is 0.729. The van der Waals surface area contributed by atoms with Gasteiger partial charge in [0.2, 0.25) is 5.91 Å². The zero-order valence-electron chi connectivity index (χ0n) is 15.1. The van der Waals surface area contributed by atoms with E-state index in [1.54, 1.807) is 13.0 Å². The van der Waals surface area contributed by atoms with Crippen LogP contribution in [0.2, 0.25) is 0 Å². The number of aromatic nitrogens is 4. The minimum atomic E-state index is -0.374. The van der Waals surface area contributed by atoms with Crippen molar-refractivity contribution in [3.8, 4) is 0 Å². The molecule has 1 atom stereocenters. The molecule has 1 aliphatic rings. The molecule has 4 rings (SSSR count). The number of fused-ring (bicyclic) bond motifs is 1. The van der Waals surface area contributed by atoms with Gasteiger partial charge in [-0.05, 0) is 25.7 Å². The van der Waals surface area contributed by atoms with Crippen molar-refractivity contribution in [1.82, 2.24) is 19.7 Å². The Hall–Kier alpha value is -2.75. The summed E-state index contributed by atoms with van der Waals surface area (Å²) in [5, 5.41) is 7.12. The third kappa shape index (κ3) is 3.70. The summed E-state index contributed by atoms with van der Waals surface area (Å²) in [6, 6.07) is 1.61. The molecular weight excluding hydrogens is 368 g/mol. The van der Waals surface area contributed by atoms with Crippen molar-refractivity contribution in [3.63, 3.8) is 0 Å². The first-order chi connectivity index (χ1) is 13.0. The second-order valence-electron chi connectivity index (χ2n) is 6.89. The van der Waals surface area contributed by atoms with E-state index in [2.05, 4.69) is 32.3 Å². The van der Waals surface area contributed by atoms with E-state index in [0.717, 1.165) is 24.6 Å². The van der Waals surface area contributed by atoms with Gasteiger partial charge in [-0.2, -0.15) is 4.98 Å². The number of hydrogen-bond donors (Lipinski definition) is 1. The summed E-state index contributed by atoms with van der Waals surface area (Å²) in [6.07, 6.45) is 3.70. The molecule has 0 aromatic carbocycles. The minimum absolute atomic E-state index is 0.151. The Balaban J connectivity index is 1.54. The van der Waals surface area contributed by atoms with Crippen LogP contribution in [-0.2, 0) is 11.3 Å². The van der Waals surface area contributed by atoms with Crippen LogP contribution in [0.5, 0.6) is 0 Å². The highest BCUT2D eigenvalue weighted by atomic mass is 32.1. The Labute approximate surface area is 159 Å². The molecule has 4 heterocycles. The lowest BCUT2D eigenvalue weighted by Gasteiger charge is -2.30. The van der Waals surface area contributed by atoms with Crippen molar-refractivity contribution in [2.45, 2.75) is 33.2 Å². The third-order valence-electron chi connectivity index (χ3n) is 4.51. The number of nitrogens with one attached hydrogen (secondary N) is 1. The van der Waals surface area contributed by atoms with E-state index in [4.69, 9.17) is 4.52 Å². The Morgan fingerprint density at radius 2 is 2.33 bits per heavy atom. The highest BCUT2D eigenvalue weighted by Gasteiger charge is 2.21. The fourth-order valence-electron chi connectivity index (χ4n) is 3.21. The first-order valence-corrected chi connectivity index (χ1v) is 9.65. The Kier molecular flexibility index (Phi) is 4.65. The predicted molar refractivity (Wildman–Crippen MR) is 102 cm³/mol. The summed E-state index contributed by atoms with van der Waals surface area (Å²) < 4.78 is 6.66. The first-order valence-electron chi connectivity index (χ1n) is 8.83. The Bertz CT molecular complexity index is 1040. The third-order valence-corrected chi connectivity index (χ3v) is 5.60. The predicted octanol–water partition coefficient (Wildman–Crippen LogP) is 2.02. The number of nitrogens with zero attached hydrogens (tertiary/aromatic N) is 5. The molecule has 0 unspecified atom stereocenters. The van der Waals surface area contributed by atoms with E-state index in [0.29, 0.717) is 27.8 Å². The molecule has 10 heteroatoms. The molecule has 1 N–H and O–H groups in total. The van der Waals surface area contributed by atoms with Crippen LogP contribution in [0.25, 0.3) is 10.3 Å². The van der Waals surface area contributed by atoms with Crippen LogP contribution < -0.4 is 15.8 Å². The fraction of sp³-hybridized carbons (Fsp3) is 0.471. The summed E-state index contributed by atoms with van der Waals surface area (Å²) in [7, 11) is 0. The van der Waals surface area contributed by atoms with Gasteiger partial charge < -0.3 is 14.7 Å². The molecule has 27 heavy (non-hydrogen) atoms. The number of amides is 1. The van der Waals surface area contributed by atoms with E-state index in [1.807, 2.05) is 0 Å². The number of piperidine rings is 1. The standard InChI is InChI=1S/C17H20N6O3S/c1-10-4-3-5-22(7-10)17-20-15-14(27-17)16(25)23(9-18-15)8-13(24)19-12-6-11(2)26-21-12/h6,9-10H,3-5,7-8H2,1-2H3,(H,19,21,24)/t10-/m0/s1. The van der Waals surface area contributed by atoms with Gasteiger partial charge in [-0.3, -0.25) is 14.2 Å². The molecule has 0 radical (unpaired) electrons. The van der Waals surface area contributed by atoms with Crippen LogP contribution >= 0.6 is 11.3 Å². The number of hydrogen-bond acceptors (Lipinski definition) is 8. The molecule has 3 aromatic rings. The van der Waals surface area contributed by atoms with Crippen molar-refractivity contribution in [3.05, 3.63) is 28.5 Å². The highest BCUT2D eigenvalue weighted by Crippen LogP contribution is 2.29.